The van der Waals surface area contributed by atoms with Gasteiger partial charge in [0.25, 0.3) is 0 Å². The molecule has 0 aliphatic rings. The van der Waals surface area contributed by atoms with Gasteiger partial charge in [0.1, 0.15) is 6.10 Å². The number of rotatable bonds is 2. The molecule has 0 saturated carbocycles. The maximum absolute atomic E-state index is 9.99. The minimum Gasteiger partial charge on any atom is -0.472 e. The van der Waals surface area contributed by atoms with Gasteiger partial charge in [-0.25, -0.2) is 4.98 Å². The van der Waals surface area contributed by atoms with Crippen molar-refractivity contribution in [3.8, 4) is 0 Å². The summed E-state index contributed by atoms with van der Waals surface area (Å²) in [4.78, 5) is 5.16. The van der Waals surface area contributed by atoms with Crippen LogP contribution in [0.4, 0.5) is 0 Å². The Morgan fingerprint density at radius 3 is 2.79 bits per heavy atom. The van der Waals surface area contributed by atoms with Gasteiger partial charge in [0, 0.05) is 5.56 Å². The van der Waals surface area contributed by atoms with Crippen LogP contribution in [0.3, 0.4) is 0 Å². The van der Waals surface area contributed by atoms with Crippen LogP contribution in [0, 0.1) is 13.8 Å². The summed E-state index contributed by atoms with van der Waals surface area (Å²) in [5.41, 5.74) is 1.66. The lowest BCUT2D eigenvalue weighted by Crippen LogP contribution is -1.96. The van der Waals surface area contributed by atoms with E-state index in [0.717, 1.165) is 21.1 Å². The Kier molecular flexibility index (Phi) is 2.39. The third-order valence-electron chi connectivity index (χ3n) is 2.05. The Morgan fingerprint density at radius 2 is 2.29 bits per heavy atom. The summed E-state index contributed by atoms with van der Waals surface area (Å²) < 4.78 is 4.93. The summed E-state index contributed by atoms with van der Waals surface area (Å²) in [6, 6.07) is 1.76. The summed E-state index contributed by atoms with van der Waals surface area (Å²) in [5, 5.41) is 11.0. The average molecular weight is 209 g/mol. The smallest absolute Gasteiger partial charge is 0.118 e. The number of aryl methyl sites for hydroxylation is 2. The first-order valence-corrected chi connectivity index (χ1v) is 5.14. The second-order valence-corrected chi connectivity index (χ2v) is 4.38. The van der Waals surface area contributed by atoms with Gasteiger partial charge in [-0.05, 0) is 19.9 Å². The van der Waals surface area contributed by atoms with Crippen molar-refractivity contribution >= 4 is 11.3 Å². The van der Waals surface area contributed by atoms with Gasteiger partial charge in [-0.3, -0.25) is 0 Å². The highest BCUT2D eigenvalue weighted by atomic mass is 32.1. The molecule has 0 saturated heterocycles. The SMILES string of the molecule is Cc1nc(C)c(C(O)c2ccoc2)s1. The first kappa shape index (κ1) is 9.43. The van der Waals surface area contributed by atoms with E-state index in [9.17, 15) is 5.11 Å². The van der Waals surface area contributed by atoms with Crippen molar-refractivity contribution in [2.75, 3.05) is 0 Å². The molecule has 1 unspecified atom stereocenters. The standard InChI is InChI=1S/C10H11NO2S/c1-6-10(14-7(2)11-6)9(12)8-3-4-13-5-8/h3-5,9,12H,1-2H3. The topological polar surface area (TPSA) is 46.3 Å². The van der Waals surface area contributed by atoms with Crippen molar-refractivity contribution in [3.63, 3.8) is 0 Å². The Balaban J connectivity index is 2.36. The van der Waals surface area contributed by atoms with Gasteiger partial charge in [0.05, 0.1) is 28.1 Å². The third-order valence-corrected chi connectivity index (χ3v) is 3.17. The van der Waals surface area contributed by atoms with Gasteiger partial charge < -0.3 is 9.52 Å². The van der Waals surface area contributed by atoms with Gasteiger partial charge >= 0.3 is 0 Å². The minimum atomic E-state index is -0.611. The van der Waals surface area contributed by atoms with Crippen LogP contribution < -0.4 is 0 Å². The first-order valence-electron chi connectivity index (χ1n) is 4.32. The van der Waals surface area contributed by atoms with Gasteiger partial charge in [0.15, 0.2) is 0 Å². The summed E-state index contributed by atoms with van der Waals surface area (Å²) in [6.45, 7) is 3.84. The highest BCUT2D eigenvalue weighted by molar-refractivity contribution is 7.11. The normalized spacial score (nSPS) is 13.1. The molecule has 0 spiro atoms. The summed E-state index contributed by atoms with van der Waals surface area (Å²) in [5.74, 6) is 0. The third kappa shape index (κ3) is 1.58. The van der Waals surface area contributed by atoms with Crippen LogP contribution in [0.25, 0.3) is 0 Å². The van der Waals surface area contributed by atoms with E-state index in [1.807, 2.05) is 13.8 Å². The molecule has 0 bridgehead atoms. The van der Waals surface area contributed by atoms with Crippen LogP contribution in [0.15, 0.2) is 23.0 Å². The zero-order valence-electron chi connectivity index (χ0n) is 8.02. The Morgan fingerprint density at radius 1 is 1.50 bits per heavy atom. The molecule has 0 aliphatic carbocycles. The van der Waals surface area contributed by atoms with Gasteiger partial charge in [-0.15, -0.1) is 11.3 Å². The predicted octanol–water partition coefficient (Wildman–Crippen LogP) is 2.43. The lowest BCUT2D eigenvalue weighted by atomic mass is 10.1. The molecule has 0 radical (unpaired) electrons. The molecular weight excluding hydrogens is 198 g/mol. The second kappa shape index (κ2) is 3.55. The highest BCUT2D eigenvalue weighted by Crippen LogP contribution is 2.29. The van der Waals surface area contributed by atoms with Crippen molar-refractivity contribution in [1.29, 1.82) is 0 Å². The molecule has 74 valence electrons. The molecule has 0 fully saturated rings. The van der Waals surface area contributed by atoms with Crippen LogP contribution in [0.2, 0.25) is 0 Å². The Labute approximate surface area is 86.0 Å². The van der Waals surface area contributed by atoms with E-state index in [4.69, 9.17) is 4.42 Å². The first-order chi connectivity index (χ1) is 6.68. The van der Waals surface area contributed by atoms with Gasteiger partial charge in [-0.2, -0.15) is 0 Å². The Hall–Kier alpha value is -1.13. The van der Waals surface area contributed by atoms with Crippen molar-refractivity contribution in [1.82, 2.24) is 4.98 Å². The van der Waals surface area contributed by atoms with Crippen LogP contribution in [0.1, 0.15) is 27.2 Å². The zero-order chi connectivity index (χ0) is 10.1. The van der Waals surface area contributed by atoms with E-state index in [-0.39, 0.29) is 0 Å². The summed E-state index contributed by atoms with van der Waals surface area (Å²) >= 11 is 1.52. The van der Waals surface area contributed by atoms with Crippen molar-refractivity contribution in [2.24, 2.45) is 0 Å². The zero-order valence-corrected chi connectivity index (χ0v) is 8.84. The molecule has 2 rings (SSSR count). The minimum absolute atomic E-state index is 0.611. The van der Waals surface area contributed by atoms with E-state index in [1.54, 1.807) is 18.6 Å². The van der Waals surface area contributed by atoms with Crippen molar-refractivity contribution in [2.45, 2.75) is 20.0 Å². The molecule has 1 atom stereocenters. The number of aromatic nitrogens is 1. The fourth-order valence-electron chi connectivity index (χ4n) is 1.38. The number of hydrogen-bond donors (Lipinski definition) is 1. The summed E-state index contributed by atoms with van der Waals surface area (Å²) in [6.07, 6.45) is 2.50. The molecule has 0 aromatic carbocycles. The fourth-order valence-corrected chi connectivity index (χ4v) is 2.32. The fraction of sp³-hybridized carbons (Fsp3) is 0.300. The maximum atomic E-state index is 9.99. The molecule has 2 aromatic rings. The van der Waals surface area contributed by atoms with Crippen LogP contribution in [-0.2, 0) is 0 Å². The average Bonchev–Trinajstić information content (AvgIpc) is 2.73. The van der Waals surface area contributed by atoms with E-state index in [0.29, 0.717) is 0 Å². The Bertz CT molecular complexity index is 419. The molecule has 1 N–H and O–H groups in total. The molecule has 3 nitrogen and oxygen atoms in total. The lowest BCUT2D eigenvalue weighted by Gasteiger charge is -2.05. The molecule has 2 aromatic heterocycles. The number of hydrogen-bond acceptors (Lipinski definition) is 4. The van der Waals surface area contributed by atoms with Gasteiger partial charge in [0.2, 0.25) is 0 Å². The quantitative estimate of drug-likeness (QED) is 0.826. The number of aliphatic hydroxyl groups excluding tert-OH is 1. The van der Waals surface area contributed by atoms with Crippen LogP contribution in [0.5, 0.6) is 0 Å². The molecule has 0 aliphatic heterocycles. The number of thiazole rings is 1. The van der Waals surface area contributed by atoms with Crippen LogP contribution >= 0.6 is 11.3 Å². The maximum Gasteiger partial charge on any atom is 0.118 e. The summed E-state index contributed by atoms with van der Waals surface area (Å²) in [7, 11) is 0. The predicted molar refractivity (Wildman–Crippen MR) is 54.4 cm³/mol. The molecule has 4 heteroatoms. The van der Waals surface area contributed by atoms with E-state index in [2.05, 4.69) is 4.98 Å². The number of furan rings is 1. The largest absolute Gasteiger partial charge is 0.472 e. The monoisotopic (exact) mass is 209 g/mol. The molecule has 14 heavy (non-hydrogen) atoms. The van der Waals surface area contributed by atoms with E-state index >= 15 is 0 Å². The molecule has 2 heterocycles. The van der Waals surface area contributed by atoms with E-state index in [1.165, 1.54) is 11.3 Å². The van der Waals surface area contributed by atoms with Crippen molar-refractivity contribution < 1.29 is 9.52 Å². The number of aliphatic hydroxyl groups is 1. The molecule has 0 amide bonds. The van der Waals surface area contributed by atoms with E-state index < -0.39 is 6.10 Å². The van der Waals surface area contributed by atoms with Crippen LogP contribution in [-0.4, -0.2) is 10.1 Å². The van der Waals surface area contributed by atoms with Crippen molar-refractivity contribution in [3.05, 3.63) is 39.7 Å². The molecular formula is C10H11NO2S. The highest BCUT2D eigenvalue weighted by Gasteiger charge is 2.17. The lowest BCUT2D eigenvalue weighted by molar-refractivity contribution is 0.222. The second-order valence-electron chi connectivity index (χ2n) is 3.14. The number of nitrogens with zero attached hydrogens (tertiary/aromatic N) is 1. The van der Waals surface area contributed by atoms with Gasteiger partial charge in [-0.1, -0.05) is 0 Å².